The molecular formula is C26H24Cl2N2O4S2. The molecule has 0 saturated heterocycles. The Labute approximate surface area is 227 Å². The first-order valence-corrected chi connectivity index (χ1v) is 14.2. The Kier molecular flexibility index (Phi) is 6.10. The van der Waals surface area contributed by atoms with Crippen LogP contribution in [-0.2, 0) is 33.4 Å². The summed E-state index contributed by atoms with van der Waals surface area (Å²) in [6.07, 6.45) is 0.160. The van der Waals surface area contributed by atoms with E-state index in [1.807, 2.05) is 12.3 Å². The average molecular weight is 564 g/mol. The van der Waals surface area contributed by atoms with Crippen LogP contribution >= 0.6 is 45.9 Å². The third kappa shape index (κ3) is 3.20. The number of alkyl halides is 2. The number of halogens is 2. The third-order valence-electron chi connectivity index (χ3n) is 7.59. The smallest absolute Gasteiger partial charge is 0.234 e. The molecule has 5 rings (SSSR count). The molecule has 0 fully saturated rings. The second-order valence-corrected chi connectivity index (χ2v) is 11.8. The number of allylic oxidation sites excluding steroid dienone is 1. The molecule has 0 unspecified atom stereocenters. The molecule has 0 saturated carbocycles. The number of hydrogen-bond acceptors (Lipinski definition) is 8. The molecule has 3 aromatic rings. The van der Waals surface area contributed by atoms with Crippen LogP contribution in [-0.4, -0.2) is 26.6 Å². The summed E-state index contributed by atoms with van der Waals surface area (Å²) in [5.41, 5.74) is 1.58. The van der Waals surface area contributed by atoms with Crippen LogP contribution in [0.5, 0.6) is 11.5 Å². The molecule has 10 heteroatoms. The van der Waals surface area contributed by atoms with Crippen molar-refractivity contribution < 1.29 is 19.4 Å². The Hall–Kier alpha value is -2.26. The van der Waals surface area contributed by atoms with E-state index in [-0.39, 0.29) is 35.5 Å². The van der Waals surface area contributed by atoms with Crippen molar-refractivity contribution in [2.24, 2.45) is 5.41 Å². The highest BCUT2D eigenvalue weighted by atomic mass is 35.5. The fourth-order valence-corrected chi connectivity index (χ4v) is 7.67. The predicted octanol–water partition coefficient (Wildman–Crippen LogP) is 6.39. The van der Waals surface area contributed by atoms with E-state index in [0.29, 0.717) is 60.6 Å². The monoisotopic (exact) mass is 562 g/mol. The third-order valence-corrected chi connectivity index (χ3v) is 10.0. The first kappa shape index (κ1) is 25.4. The molecule has 2 atom stereocenters. The van der Waals surface area contributed by atoms with Gasteiger partial charge < -0.3 is 9.84 Å². The van der Waals surface area contributed by atoms with Gasteiger partial charge in [0, 0.05) is 21.9 Å². The van der Waals surface area contributed by atoms with Crippen molar-refractivity contribution in [3.63, 3.8) is 0 Å². The number of aromatic hydroxyl groups is 1. The van der Waals surface area contributed by atoms with Gasteiger partial charge in [0.1, 0.15) is 21.5 Å². The normalized spacial score (nSPS) is 23.5. The van der Waals surface area contributed by atoms with Crippen LogP contribution in [0.4, 0.5) is 0 Å². The lowest BCUT2D eigenvalue weighted by molar-refractivity contribution is -0.160. The predicted molar refractivity (Wildman–Crippen MR) is 142 cm³/mol. The molecule has 3 heterocycles. The van der Waals surface area contributed by atoms with Crippen LogP contribution in [0.1, 0.15) is 53.9 Å². The number of carbonyl (C=O) groups is 2. The number of ketones is 2. The van der Waals surface area contributed by atoms with Crippen molar-refractivity contribution in [1.82, 2.24) is 9.97 Å². The molecule has 188 valence electrons. The van der Waals surface area contributed by atoms with E-state index in [4.69, 9.17) is 27.9 Å². The Balaban J connectivity index is 1.86. The molecule has 1 aliphatic heterocycles. The number of nitrogens with zero attached hydrogens (tertiary/aromatic N) is 2. The van der Waals surface area contributed by atoms with E-state index in [9.17, 15) is 14.7 Å². The van der Waals surface area contributed by atoms with Gasteiger partial charge in [0.05, 0.1) is 34.1 Å². The zero-order valence-corrected chi connectivity index (χ0v) is 23.6. The fourth-order valence-electron chi connectivity index (χ4n) is 5.24. The summed E-state index contributed by atoms with van der Waals surface area (Å²) < 4.78 is 6.77. The molecule has 6 nitrogen and oxygen atoms in total. The number of rotatable bonds is 4. The van der Waals surface area contributed by atoms with Gasteiger partial charge in [0.15, 0.2) is 5.78 Å². The van der Waals surface area contributed by atoms with Gasteiger partial charge in [-0.25, -0.2) is 9.97 Å². The lowest BCUT2D eigenvalue weighted by atomic mass is 9.57. The van der Waals surface area contributed by atoms with Crippen LogP contribution in [0.2, 0.25) is 0 Å². The van der Waals surface area contributed by atoms with Crippen LogP contribution in [0, 0.1) is 19.3 Å². The number of benzene rings is 1. The Morgan fingerprint density at radius 1 is 0.972 bits per heavy atom. The second-order valence-electron chi connectivity index (χ2n) is 9.54. The van der Waals surface area contributed by atoms with Crippen molar-refractivity contribution in [3.8, 4) is 22.1 Å². The second kappa shape index (κ2) is 8.65. The largest absolute Gasteiger partial charge is 0.507 e. The number of phenolic OH excluding ortho intramolecular Hbond substituents is 1. The standard InChI is InChI=1S/C26H24Cl2N2O4S2/c1-11-12(2)20-17(18(19(11)31)23-29-15(7-27)9-35-23)6-25(5)21(32)13(3)14(4)22(33)26(25,34-20)24-30-16(8-28)10-36-24/h9-10,31H,6-8H2,1-5H3/t25-,26-/m0/s1. The van der Waals surface area contributed by atoms with Gasteiger partial charge in [-0.2, -0.15) is 0 Å². The zero-order valence-electron chi connectivity index (χ0n) is 20.4. The molecule has 0 bridgehead atoms. The highest BCUT2D eigenvalue weighted by Gasteiger charge is 2.68. The number of carbonyl (C=O) groups excluding carboxylic acids is 2. The van der Waals surface area contributed by atoms with Gasteiger partial charge in [-0.1, -0.05) is 0 Å². The lowest BCUT2D eigenvalue weighted by Gasteiger charge is -2.51. The Morgan fingerprint density at radius 3 is 2.19 bits per heavy atom. The summed E-state index contributed by atoms with van der Waals surface area (Å²) in [6.45, 7) is 8.74. The highest BCUT2D eigenvalue weighted by molar-refractivity contribution is 7.13. The summed E-state index contributed by atoms with van der Waals surface area (Å²) in [4.78, 5) is 37.4. The van der Waals surface area contributed by atoms with Crippen LogP contribution in [0.25, 0.3) is 10.6 Å². The van der Waals surface area contributed by atoms with Crippen LogP contribution < -0.4 is 4.74 Å². The van der Waals surface area contributed by atoms with Gasteiger partial charge in [0.25, 0.3) is 0 Å². The quantitative estimate of drug-likeness (QED) is 0.370. The van der Waals surface area contributed by atoms with E-state index in [0.717, 1.165) is 0 Å². The maximum absolute atomic E-state index is 14.1. The van der Waals surface area contributed by atoms with Crippen LogP contribution in [0.15, 0.2) is 21.9 Å². The van der Waals surface area contributed by atoms with Gasteiger partial charge in [-0.3, -0.25) is 9.59 Å². The number of fused-ring (bicyclic) bond motifs is 2. The molecule has 36 heavy (non-hydrogen) atoms. The molecule has 0 radical (unpaired) electrons. The number of thiazole rings is 2. The summed E-state index contributed by atoms with van der Waals surface area (Å²) in [7, 11) is 0. The van der Waals surface area contributed by atoms with E-state index in [2.05, 4.69) is 9.97 Å². The summed E-state index contributed by atoms with van der Waals surface area (Å²) in [5.74, 6) is 0.504. The highest BCUT2D eigenvalue weighted by Crippen LogP contribution is 2.60. The van der Waals surface area contributed by atoms with Gasteiger partial charge >= 0.3 is 0 Å². The molecule has 1 aliphatic carbocycles. The number of aromatic nitrogens is 2. The van der Waals surface area contributed by atoms with E-state index in [1.165, 1.54) is 22.7 Å². The minimum atomic E-state index is -1.65. The number of Topliss-reactive ketones (excluding diaryl/α,β-unsaturated/α-hetero) is 2. The molecule has 0 spiro atoms. The molecule has 2 aliphatic rings. The minimum Gasteiger partial charge on any atom is -0.507 e. The van der Waals surface area contributed by atoms with Crippen molar-refractivity contribution in [1.29, 1.82) is 0 Å². The Morgan fingerprint density at radius 2 is 1.58 bits per heavy atom. The maximum atomic E-state index is 14.1. The van der Waals surface area contributed by atoms with Crippen molar-refractivity contribution in [2.75, 3.05) is 0 Å². The maximum Gasteiger partial charge on any atom is 0.234 e. The van der Waals surface area contributed by atoms with E-state index >= 15 is 0 Å². The number of phenols is 1. The molecule has 1 aromatic carbocycles. The molecule has 2 aromatic heterocycles. The first-order valence-electron chi connectivity index (χ1n) is 11.3. The van der Waals surface area contributed by atoms with Crippen molar-refractivity contribution in [2.45, 2.75) is 58.4 Å². The summed E-state index contributed by atoms with van der Waals surface area (Å²) >= 11 is 14.7. The van der Waals surface area contributed by atoms with Gasteiger partial charge in [0.2, 0.25) is 11.4 Å². The Bertz CT molecular complexity index is 1490. The van der Waals surface area contributed by atoms with Crippen LogP contribution in [0.3, 0.4) is 0 Å². The zero-order chi connectivity index (χ0) is 26.2. The molecule has 0 amide bonds. The van der Waals surface area contributed by atoms with Crippen molar-refractivity contribution >= 4 is 57.4 Å². The van der Waals surface area contributed by atoms with E-state index < -0.39 is 11.0 Å². The minimum absolute atomic E-state index is 0.0816. The van der Waals surface area contributed by atoms with Gasteiger partial charge in [-0.15, -0.1) is 45.9 Å². The number of hydrogen-bond donors (Lipinski definition) is 1. The number of ether oxygens (including phenoxy) is 1. The molecule has 1 N–H and O–H groups in total. The average Bonchev–Trinajstić information content (AvgIpc) is 3.55. The molecular weight excluding hydrogens is 539 g/mol. The lowest BCUT2D eigenvalue weighted by Crippen LogP contribution is -2.63. The van der Waals surface area contributed by atoms with Crippen molar-refractivity contribution in [3.05, 3.63) is 55.0 Å². The SMILES string of the molecule is CC1=C(C)C(=O)[C@@]2(c3nc(CCl)cs3)Oc3c(C)c(C)c(O)c(-c4nc(CCl)cs4)c3C[C@@]2(C)C1=O. The van der Waals surface area contributed by atoms with E-state index in [1.54, 1.807) is 33.1 Å². The fraction of sp³-hybridized carbons (Fsp3) is 0.385. The summed E-state index contributed by atoms with van der Waals surface area (Å²) in [6, 6.07) is 0. The summed E-state index contributed by atoms with van der Waals surface area (Å²) in [5, 5.41) is 15.9. The van der Waals surface area contributed by atoms with Gasteiger partial charge in [-0.05, 0) is 57.7 Å². The topological polar surface area (TPSA) is 89.4 Å². The first-order chi connectivity index (χ1) is 17.0.